The summed E-state index contributed by atoms with van der Waals surface area (Å²) in [6.07, 6.45) is 5.10. The van der Waals surface area contributed by atoms with E-state index in [2.05, 4.69) is 10.2 Å². The molecule has 3 aromatic heterocycles. The molecule has 0 unspecified atom stereocenters. The number of carbonyl (C=O) groups excluding carboxylic acids is 1. The smallest absolute Gasteiger partial charge is 0.367 e. The van der Waals surface area contributed by atoms with Gasteiger partial charge in [-0.1, -0.05) is 11.5 Å². The second kappa shape index (κ2) is 8.14. The Morgan fingerprint density at radius 1 is 1.07 bits per heavy atom. The highest BCUT2D eigenvalue weighted by Gasteiger charge is 2.22. The van der Waals surface area contributed by atoms with Crippen molar-refractivity contribution in [1.82, 2.24) is 14.8 Å². The molecule has 0 aliphatic heterocycles. The van der Waals surface area contributed by atoms with Crippen molar-refractivity contribution >= 4 is 28.6 Å². The van der Waals surface area contributed by atoms with Gasteiger partial charge < -0.3 is 4.74 Å². The first-order valence-corrected chi connectivity index (χ1v) is 10.8. The summed E-state index contributed by atoms with van der Waals surface area (Å²) < 4.78 is 6.99. The molecule has 8 heteroatoms. The van der Waals surface area contributed by atoms with Gasteiger partial charge in [0.2, 0.25) is 0 Å². The van der Waals surface area contributed by atoms with E-state index in [1.807, 2.05) is 33.7 Å². The molecule has 0 N–H and O–H groups in total. The van der Waals surface area contributed by atoms with Crippen LogP contribution >= 0.6 is 22.7 Å². The number of ether oxygens (including phenoxy) is 1. The third-order valence-electron chi connectivity index (χ3n) is 4.69. The number of thiophene rings is 2. The number of aromatic nitrogens is 3. The van der Waals surface area contributed by atoms with E-state index in [1.54, 1.807) is 11.3 Å². The number of rotatable bonds is 5. The van der Waals surface area contributed by atoms with Crippen molar-refractivity contribution in [3.8, 4) is 22.5 Å². The molecule has 0 bridgehead atoms. The van der Waals surface area contributed by atoms with Crippen molar-refractivity contribution in [2.24, 2.45) is 0 Å². The molecule has 1 fully saturated rings. The van der Waals surface area contributed by atoms with Gasteiger partial charge in [-0.25, -0.2) is 4.79 Å². The maximum atomic E-state index is 12.5. The zero-order valence-electron chi connectivity index (χ0n) is 14.7. The molecule has 0 saturated heterocycles. The minimum Gasteiger partial charge on any atom is -0.461 e. The lowest BCUT2D eigenvalue weighted by Gasteiger charge is -2.22. The maximum absolute atomic E-state index is 12.5. The van der Waals surface area contributed by atoms with Crippen LogP contribution in [0.1, 0.15) is 32.1 Å². The van der Waals surface area contributed by atoms with Gasteiger partial charge in [-0.3, -0.25) is 9.36 Å². The summed E-state index contributed by atoms with van der Waals surface area (Å²) in [5.74, 6) is -0.398. The van der Waals surface area contributed by atoms with Crippen LogP contribution in [0.25, 0.3) is 22.5 Å². The van der Waals surface area contributed by atoms with E-state index < -0.39 is 11.7 Å². The average molecular weight is 402 g/mol. The third kappa shape index (κ3) is 4.01. The van der Waals surface area contributed by atoms with Gasteiger partial charge in [0.25, 0.3) is 0 Å². The fourth-order valence-corrected chi connectivity index (χ4v) is 4.67. The molecular weight excluding hydrogens is 382 g/mol. The van der Waals surface area contributed by atoms with Crippen LogP contribution in [0.5, 0.6) is 0 Å². The van der Waals surface area contributed by atoms with Crippen molar-refractivity contribution in [2.75, 3.05) is 0 Å². The number of hydrogen-bond acceptors (Lipinski definition) is 7. The molecule has 1 saturated carbocycles. The Morgan fingerprint density at radius 3 is 2.44 bits per heavy atom. The molecule has 27 heavy (non-hydrogen) atoms. The summed E-state index contributed by atoms with van der Waals surface area (Å²) >= 11 is 3.07. The molecule has 0 radical (unpaired) electrons. The first-order chi connectivity index (χ1) is 13.2. The predicted molar refractivity (Wildman–Crippen MR) is 106 cm³/mol. The van der Waals surface area contributed by atoms with E-state index in [1.165, 1.54) is 22.3 Å². The van der Waals surface area contributed by atoms with E-state index in [0.717, 1.165) is 36.8 Å². The van der Waals surface area contributed by atoms with E-state index in [9.17, 15) is 9.59 Å². The first-order valence-electron chi connectivity index (χ1n) is 8.94. The maximum Gasteiger partial charge on any atom is 0.367 e. The number of carbonyl (C=O) groups is 1. The van der Waals surface area contributed by atoms with Crippen LogP contribution in [0.3, 0.4) is 0 Å². The van der Waals surface area contributed by atoms with Crippen molar-refractivity contribution < 1.29 is 9.53 Å². The normalized spacial score (nSPS) is 15.0. The molecular formula is C19H19N3O3S2. The van der Waals surface area contributed by atoms with Crippen LogP contribution in [0.4, 0.5) is 0 Å². The highest BCUT2D eigenvalue weighted by molar-refractivity contribution is 7.08. The van der Waals surface area contributed by atoms with E-state index >= 15 is 0 Å². The Morgan fingerprint density at radius 2 is 1.78 bits per heavy atom. The monoisotopic (exact) mass is 401 g/mol. The van der Waals surface area contributed by atoms with Crippen LogP contribution < -0.4 is 5.69 Å². The van der Waals surface area contributed by atoms with Crippen molar-refractivity contribution in [1.29, 1.82) is 0 Å². The van der Waals surface area contributed by atoms with Crippen LogP contribution in [0, 0.1) is 0 Å². The molecule has 0 aromatic carbocycles. The van der Waals surface area contributed by atoms with Gasteiger partial charge in [-0.15, -0.1) is 5.10 Å². The Labute approximate surface area is 164 Å². The average Bonchev–Trinajstić information content (AvgIpc) is 3.38. The van der Waals surface area contributed by atoms with Crippen molar-refractivity contribution in [3.05, 3.63) is 44.1 Å². The first kappa shape index (κ1) is 18.1. The molecule has 140 valence electrons. The van der Waals surface area contributed by atoms with Gasteiger partial charge in [0.05, 0.1) is 5.69 Å². The Kier molecular flexibility index (Phi) is 5.45. The standard InChI is InChI=1S/C19H19N3O3S2/c23-16(25-15-4-2-1-3-5-15)10-22-18(14-7-9-27-12-14)17(20-21-19(22)24)13-6-8-26-11-13/h6-9,11-12,15H,1-5,10H2. The minimum atomic E-state index is -0.546. The molecule has 1 aliphatic rings. The third-order valence-corrected chi connectivity index (χ3v) is 6.05. The zero-order valence-corrected chi connectivity index (χ0v) is 16.3. The van der Waals surface area contributed by atoms with Gasteiger partial charge in [0.1, 0.15) is 18.3 Å². The Balaban J connectivity index is 1.70. The van der Waals surface area contributed by atoms with E-state index in [0.29, 0.717) is 11.4 Å². The largest absolute Gasteiger partial charge is 0.461 e. The Hall–Kier alpha value is -2.32. The van der Waals surface area contributed by atoms with Crippen LogP contribution in [0.2, 0.25) is 0 Å². The molecule has 0 atom stereocenters. The van der Waals surface area contributed by atoms with Crippen LogP contribution in [-0.4, -0.2) is 26.8 Å². The molecule has 0 amide bonds. The molecule has 6 nitrogen and oxygen atoms in total. The predicted octanol–water partition coefficient (Wildman–Crippen LogP) is 3.97. The van der Waals surface area contributed by atoms with Gasteiger partial charge in [-0.2, -0.15) is 22.7 Å². The number of esters is 1. The van der Waals surface area contributed by atoms with E-state index in [4.69, 9.17) is 4.74 Å². The molecule has 0 spiro atoms. The zero-order chi connectivity index (χ0) is 18.6. The van der Waals surface area contributed by atoms with Crippen molar-refractivity contribution in [3.63, 3.8) is 0 Å². The molecule has 4 rings (SSSR count). The summed E-state index contributed by atoms with van der Waals surface area (Å²) in [6.45, 7) is -0.160. The van der Waals surface area contributed by atoms with Gasteiger partial charge in [-0.05, 0) is 48.6 Å². The van der Waals surface area contributed by atoms with Gasteiger partial charge in [0, 0.05) is 21.9 Å². The Bertz CT molecular complexity index is 959. The summed E-state index contributed by atoms with van der Waals surface area (Å²) in [6, 6.07) is 3.85. The summed E-state index contributed by atoms with van der Waals surface area (Å²) in [5, 5.41) is 15.7. The lowest BCUT2D eigenvalue weighted by molar-refractivity contribution is -0.151. The topological polar surface area (TPSA) is 74.1 Å². The van der Waals surface area contributed by atoms with Gasteiger partial charge in [0.15, 0.2) is 0 Å². The SMILES string of the molecule is O=C(Cn1c(-c2ccsc2)c(-c2ccsc2)nnc1=O)OC1CCCCC1. The molecule has 3 heterocycles. The van der Waals surface area contributed by atoms with E-state index in [-0.39, 0.29) is 12.6 Å². The highest BCUT2D eigenvalue weighted by Crippen LogP contribution is 2.31. The summed E-state index contributed by atoms with van der Waals surface area (Å²) in [7, 11) is 0. The quantitative estimate of drug-likeness (QED) is 0.605. The second-order valence-corrected chi connectivity index (χ2v) is 8.10. The van der Waals surface area contributed by atoms with Crippen molar-refractivity contribution in [2.45, 2.75) is 44.8 Å². The highest BCUT2D eigenvalue weighted by atomic mass is 32.1. The number of hydrogen-bond donors (Lipinski definition) is 0. The molecule has 1 aliphatic carbocycles. The number of nitrogens with zero attached hydrogens (tertiary/aromatic N) is 3. The minimum absolute atomic E-state index is 0.0438. The fraction of sp³-hybridized carbons (Fsp3) is 0.368. The summed E-state index contributed by atoms with van der Waals surface area (Å²) in [5.41, 5.74) is 2.38. The lowest BCUT2D eigenvalue weighted by atomic mass is 9.98. The summed E-state index contributed by atoms with van der Waals surface area (Å²) in [4.78, 5) is 25.0. The second-order valence-electron chi connectivity index (χ2n) is 6.54. The van der Waals surface area contributed by atoms with Crippen LogP contribution in [0.15, 0.2) is 38.4 Å². The lowest BCUT2D eigenvalue weighted by Crippen LogP contribution is -2.32. The fourth-order valence-electron chi connectivity index (χ4n) is 3.38. The van der Waals surface area contributed by atoms with Crippen LogP contribution in [-0.2, 0) is 16.1 Å². The van der Waals surface area contributed by atoms with Gasteiger partial charge >= 0.3 is 11.7 Å². The molecule has 3 aromatic rings.